The highest BCUT2D eigenvalue weighted by atomic mass is 35.5. The molecule has 0 saturated carbocycles. The highest BCUT2D eigenvalue weighted by Gasteiger charge is 2.15. The van der Waals surface area contributed by atoms with Crippen LogP contribution >= 0.6 is 11.6 Å². The second-order valence-electron chi connectivity index (χ2n) is 5.42. The average Bonchev–Trinajstić information content (AvgIpc) is 3.06. The minimum absolute atomic E-state index is 0.555. The Balaban J connectivity index is 1.73. The predicted octanol–water partition coefficient (Wildman–Crippen LogP) is 3.63. The van der Waals surface area contributed by atoms with Crippen molar-refractivity contribution >= 4 is 11.6 Å². The minimum atomic E-state index is 0.555. The summed E-state index contributed by atoms with van der Waals surface area (Å²) >= 11 is 6.02. The van der Waals surface area contributed by atoms with Gasteiger partial charge in [0, 0.05) is 24.1 Å². The third kappa shape index (κ3) is 3.78. The van der Waals surface area contributed by atoms with Crippen LogP contribution in [0.5, 0.6) is 0 Å². The van der Waals surface area contributed by atoms with Gasteiger partial charge in [-0.3, -0.25) is 4.90 Å². The van der Waals surface area contributed by atoms with Crippen LogP contribution in [-0.2, 0) is 13.1 Å². The number of oxazole rings is 1. The van der Waals surface area contributed by atoms with Crippen LogP contribution in [-0.4, -0.2) is 27.1 Å². The molecular formula is C16H17ClN4O2. The molecule has 2 heterocycles. The summed E-state index contributed by atoms with van der Waals surface area (Å²) in [6, 6.07) is 7.45. The molecule has 7 heteroatoms. The van der Waals surface area contributed by atoms with E-state index in [-0.39, 0.29) is 0 Å². The Hall–Kier alpha value is -2.18. The molecule has 0 N–H and O–H groups in total. The quantitative estimate of drug-likeness (QED) is 0.710. The van der Waals surface area contributed by atoms with Gasteiger partial charge in [0.05, 0.1) is 12.2 Å². The molecule has 0 saturated heterocycles. The number of hydrogen-bond donors (Lipinski definition) is 0. The lowest BCUT2D eigenvalue weighted by Crippen LogP contribution is -2.18. The van der Waals surface area contributed by atoms with Gasteiger partial charge in [0.1, 0.15) is 5.76 Å². The molecule has 0 unspecified atom stereocenters. The summed E-state index contributed by atoms with van der Waals surface area (Å²) in [4.78, 5) is 6.62. The SMILES string of the molecule is Cc1nnc(CN(C)Cc2nc(-c3cccc(Cl)c3)oc2C)o1. The maximum absolute atomic E-state index is 6.02. The summed E-state index contributed by atoms with van der Waals surface area (Å²) in [7, 11) is 1.96. The lowest BCUT2D eigenvalue weighted by molar-refractivity contribution is 0.275. The molecule has 3 aromatic rings. The van der Waals surface area contributed by atoms with Crippen molar-refractivity contribution in [1.82, 2.24) is 20.1 Å². The summed E-state index contributed by atoms with van der Waals surface area (Å²) in [6.45, 7) is 4.85. The number of aromatic nitrogens is 3. The van der Waals surface area contributed by atoms with E-state index in [0.717, 1.165) is 17.0 Å². The first-order valence-corrected chi connectivity index (χ1v) is 7.59. The van der Waals surface area contributed by atoms with Crippen LogP contribution in [0.15, 0.2) is 33.1 Å². The van der Waals surface area contributed by atoms with Crippen LogP contribution in [0.1, 0.15) is 23.2 Å². The van der Waals surface area contributed by atoms with E-state index in [2.05, 4.69) is 15.2 Å². The van der Waals surface area contributed by atoms with Crippen LogP contribution in [0.25, 0.3) is 11.5 Å². The van der Waals surface area contributed by atoms with Gasteiger partial charge in [-0.25, -0.2) is 4.98 Å². The fraction of sp³-hybridized carbons (Fsp3) is 0.312. The molecule has 0 atom stereocenters. The van der Waals surface area contributed by atoms with Crippen LogP contribution in [0.4, 0.5) is 0 Å². The maximum atomic E-state index is 6.02. The smallest absolute Gasteiger partial charge is 0.230 e. The van der Waals surface area contributed by atoms with Crippen LogP contribution < -0.4 is 0 Å². The first kappa shape index (κ1) is 15.7. The third-order valence-electron chi connectivity index (χ3n) is 3.36. The Labute approximate surface area is 139 Å². The maximum Gasteiger partial charge on any atom is 0.230 e. The number of aryl methyl sites for hydroxylation is 2. The number of hydrogen-bond acceptors (Lipinski definition) is 6. The molecule has 1 aromatic carbocycles. The Kier molecular flexibility index (Phi) is 4.45. The lowest BCUT2D eigenvalue weighted by Gasteiger charge is -2.12. The molecule has 120 valence electrons. The molecule has 0 fully saturated rings. The fourth-order valence-corrected chi connectivity index (χ4v) is 2.45. The van der Waals surface area contributed by atoms with E-state index in [1.165, 1.54) is 0 Å². The van der Waals surface area contributed by atoms with Gasteiger partial charge < -0.3 is 8.83 Å². The molecule has 3 rings (SSSR count). The van der Waals surface area contributed by atoms with Crippen molar-refractivity contribution in [3.05, 3.63) is 52.5 Å². The molecule has 0 aliphatic heterocycles. The number of benzene rings is 1. The van der Waals surface area contributed by atoms with E-state index in [1.807, 2.05) is 43.1 Å². The molecule has 0 bridgehead atoms. The van der Waals surface area contributed by atoms with E-state index >= 15 is 0 Å². The van der Waals surface area contributed by atoms with Gasteiger partial charge in [0.25, 0.3) is 0 Å². The van der Waals surface area contributed by atoms with Crippen molar-refractivity contribution in [3.63, 3.8) is 0 Å². The number of halogens is 1. The molecule has 0 amide bonds. The predicted molar refractivity (Wildman–Crippen MR) is 85.9 cm³/mol. The molecule has 23 heavy (non-hydrogen) atoms. The Bertz CT molecular complexity index is 812. The Morgan fingerprint density at radius 2 is 1.96 bits per heavy atom. The van der Waals surface area contributed by atoms with Gasteiger partial charge in [-0.1, -0.05) is 17.7 Å². The number of nitrogens with zero attached hydrogens (tertiary/aromatic N) is 4. The lowest BCUT2D eigenvalue weighted by atomic mass is 10.2. The molecular weight excluding hydrogens is 316 g/mol. The molecule has 0 spiro atoms. The second kappa shape index (κ2) is 6.52. The van der Waals surface area contributed by atoms with Gasteiger partial charge in [-0.05, 0) is 32.2 Å². The van der Waals surface area contributed by atoms with Crippen molar-refractivity contribution in [3.8, 4) is 11.5 Å². The summed E-state index contributed by atoms with van der Waals surface area (Å²) in [5.74, 6) is 2.51. The van der Waals surface area contributed by atoms with Crippen molar-refractivity contribution in [2.75, 3.05) is 7.05 Å². The summed E-state index contributed by atoms with van der Waals surface area (Å²) < 4.78 is 11.2. The van der Waals surface area contributed by atoms with Crippen LogP contribution in [0, 0.1) is 13.8 Å². The van der Waals surface area contributed by atoms with E-state index in [1.54, 1.807) is 6.92 Å². The first-order valence-electron chi connectivity index (χ1n) is 7.21. The zero-order valence-electron chi connectivity index (χ0n) is 13.2. The van der Waals surface area contributed by atoms with Gasteiger partial charge >= 0.3 is 0 Å². The Morgan fingerprint density at radius 1 is 1.13 bits per heavy atom. The molecule has 0 aliphatic carbocycles. The highest BCUT2D eigenvalue weighted by Crippen LogP contribution is 2.24. The van der Waals surface area contributed by atoms with Crippen molar-refractivity contribution in [2.45, 2.75) is 26.9 Å². The largest absolute Gasteiger partial charge is 0.441 e. The molecule has 0 aliphatic rings. The van der Waals surface area contributed by atoms with E-state index < -0.39 is 0 Å². The zero-order valence-corrected chi connectivity index (χ0v) is 14.0. The average molecular weight is 333 g/mol. The summed E-state index contributed by atoms with van der Waals surface area (Å²) in [6.07, 6.45) is 0. The first-order chi connectivity index (χ1) is 11.0. The van der Waals surface area contributed by atoms with Crippen molar-refractivity contribution in [2.24, 2.45) is 0 Å². The molecule has 6 nitrogen and oxygen atoms in total. The molecule has 2 aromatic heterocycles. The van der Waals surface area contributed by atoms with Gasteiger partial charge in [0.15, 0.2) is 0 Å². The highest BCUT2D eigenvalue weighted by molar-refractivity contribution is 6.30. The van der Waals surface area contributed by atoms with Gasteiger partial charge in [-0.15, -0.1) is 10.2 Å². The fourth-order valence-electron chi connectivity index (χ4n) is 2.26. The normalized spacial score (nSPS) is 11.3. The van der Waals surface area contributed by atoms with Gasteiger partial charge in [-0.2, -0.15) is 0 Å². The molecule has 0 radical (unpaired) electrons. The van der Waals surface area contributed by atoms with E-state index in [0.29, 0.717) is 35.8 Å². The van der Waals surface area contributed by atoms with E-state index in [4.69, 9.17) is 20.4 Å². The van der Waals surface area contributed by atoms with Crippen LogP contribution in [0.2, 0.25) is 5.02 Å². The van der Waals surface area contributed by atoms with Crippen molar-refractivity contribution < 1.29 is 8.83 Å². The Morgan fingerprint density at radius 3 is 2.65 bits per heavy atom. The third-order valence-corrected chi connectivity index (χ3v) is 3.59. The van der Waals surface area contributed by atoms with E-state index in [9.17, 15) is 0 Å². The van der Waals surface area contributed by atoms with Gasteiger partial charge in [0.2, 0.25) is 17.7 Å². The zero-order chi connectivity index (χ0) is 16.4. The minimum Gasteiger partial charge on any atom is -0.441 e. The standard InChI is InChI=1S/C16H17ClN4O2/c1-10-14(8-21(3)9-15-20-19-11(2)23-15)18-16(22-10)12-5-4-6-13(17)7-12/h4-7H,8-9H2,1-3H3. The van der Waals surface area contributed by atoms with Crippen molar-refractivity contribution in [1.29, 1.82) is 0 Å². The monoisotopic (exact) mass is 332 g/mol. The topological polar surface area (TPSA) is 68.2 Å². The number of rotatable bonds is 5. The second-order valence-corrected chi connectivity index (χ2v) is 5.86. The van der Waals surface area contributed by atoms with Crippen LogP contribution in [0.3, 0.4) is 0 Å². The summed E-state index contributed by atoms with van der Waals surface area (Å²) in [5.41, 5.74) is 1.74. The summed E-state index contributed by atoms with van der Waals surface area (Å²) in [5, 5.41) is 8.48.